The van der Waals surface area contributed by atoms with Crippen LogP contribution in [0.4, 0.5) is 5.69 Å². The van der Waals surface area contributed by atoms with Crippen LogP contribution in [0.1, 0.15) is 60.3 Å². The van der Waals surface area contributed by atoms with Gasteiger partial charge in [0, 0.05) is 12.4 Å². The zero-order valence-corrected chi connectivity index (χ0v) is 26.4. The fourth-order valence-electron chi connectivity index (χ4n) is 4.99. The Bertz CT molecular complexity index is 1750. The number of aromatic nitrogens is 2. The van der Waals surface area contributed by atoms with Crippen molar-refractivity contribution in [2.24, 2.45) is 0 Å². The third kappa shape index (κ3) is 6.20. The first-order chi connectivity index (χ1) is 20.9. The molecule has 1 aliphatic rings. The summed E-state index contributed by atoms with van der Waals surface area (Å²) in [5.41, 5.74) is 6.60. The van der Waals surface area contributed by atoms with Crippen molar-refractivity contribution in [3.05, 3.63) is 105 Å². The molecule has 2 aromatic heterocycles. The Morgan fingerprint density at radius 3 is 2.27 bits per heavy atom. The number of carbonyl (C=O) groups excluding carboxylic acids is 1. The van der Waals surface area contributed by atoms with Gasteiger partial charge in [-0.2, -0.15) is 4.98 Å². The van der Waals surface area contributed by atoms with E-state index in [0.29, 0.717) is 17.5 Å². The standard InChI is InChI=1S/C34H33BClN3O5/c1-21-24(10-8-11-27(21)28-12-9-13-29(22(28)2)35-43-33(3,4)34(5,6)44-35)20-42-32-30(36)15-25(18-40)31(39-32)41-19-23-14-26(37-7)17-38-16-23/h8-18H,19-20H2,1-6H3. The van der Waals surface area contributed by atoms with Gasteiger partial charge in [-0.05, 0) is 92.5 Å². The lowest BCUT2D eigenvalue weighted by Gasteiger charge is -2.32. The lowest BCUT2D eigenvalue weighted by atomic mass is 9.74. The normalized spacial score (nSPS) is 15.1. The highest BCUT2D eigenvalue weighted by atomic mass is 35.5. The summed E-state index contributed by atoms with van der Waals surface area (Å²) in [5.74, 6) is 0.220. The molecule has 1 saturated heterocycles. The zero-order valence-electron chi connectivity index (χ0n) is 25.6. The summed E-state index contributed by atoms with van der Waals surface area (Å²) in [6, 6.07) is 15.4. The van der Waals surface area contributed by atoms with Crippen molar-refractivity contribution in [3.63, 3.8) is 0 Å². The molecule has 8 nitrogen and oxygen atoms in total. The highest BCUT2D eigenvalue weighted by Gasteiger charge is 2.52. The molecule has 2 aromatic carbocycles. The molecule has 0 bridgehead atoms. The minimum absolute atomic E-state index is 0.0662. The average Bonchev–Trinajstić information content (AvgIpc) is 3.22. The quantitative estimate of drug-likeness (QED) is 0.112. The second-order valence-electron chi connectivity index (χ2n) is 11.7. The second-order valence-corrected chi connectivity index (χ2v) is 12.1. The van der Waals surface area contributed by atoms with Gasteiger partial charge < -0.3 is 18.8 Å². The largest absolute Gasteiger partial charge is 0.495 e. The molecule has 0 spiro atoms. The molecule has 0 amide bonds. The van der Waals surface area contributed by atoms with E-state index >= 15 is 0 Å². The molecule has 4 aromatic rings. The maximum Gasteiger partial charge on any atom is 0.495 e. The van der Waals surface area contributed by atoms with Gasteiger partial charge >= 0.3 is 7.12 Å². The Kier molecular flexibility index (Phi) is 8.80. The van der Waals surface area contributed by atoms with Gasteiger partial charge in [0.05, 0.1) is 23.3 Å². The fourth-order valence-corrected chi connectivity index (χ4v) is 5.20. The Morgan fingerprint density at radius 2 is 1.59 bits per heavy atom. The van der Waals surface area contributed by atoms with Gasteiger partial charge in [0.15, 0.2) is 6.29 Å². The predicted octanol–water partition coefficient (Wildman–Crippen LogP) is 7.23. The average molecular weight is 610 g/mol. The van der Waals surface area contributed by atoms with Crippen LogP contribution >= 0.6 is 11.6 Å². The van der Waals surface area contributed by atoms with Crippen molar-refractivity contribution >= 4 is 36.2 Å². The van der Waals surface area contributed by atoms with Crippen LogP contribution in [-0.2, 0) is 22.5 Å². The van der Waals surface area contributed by atoms with Gasteiger partial charge in [0.25, 0.3) is 0 Å². The highest BCUT2D eigenvalue weighted by Crippen LogP contribution is 2.38. The fraction of sp³-hybridized carbons (Fsp3) is 0.294. The molecule has 0 aliphatic carbocycles. The number of rotatable bonds is 9. The van der Waals surface area contributed by atoms with E-state index in [1.54, 1.807) is 12.3 Å². The molecule has 10 heteroatoms. The first-order valence-electron chi connectivity index (χ1n) is 14.2. The van der Waals surface area contributed by atoms with E-state index in [4.69, 9.17) is 37.0 Å². The van der Waals surface area contributed by atoms with E-state index in [1.807, 2.05) is 18.2 Å². The molecule has 0 unspecified atom stereocenters. The summed E-state index contributed by atoms with van der Waals surface area (Å²) in [6.07, 6.45) is 3.68. The van der Waals surface area contributed by atoms with Crippen LogP contribution in [0.3, 0.4) is 0 Å². The first-order valence-corrected chi connectivity index (χ1v) is 14.6. The number of ether oxygens (including phenoxy) is 2. The van der Waals surface area contributed by atoms with Crippen molar-refractivity contribution in [3.8, 4) is 22.9 Å². The number of aldehydes is 1. The number of nitrogens with zero attached hydrogens (tertiary/aromatic N) is 3. The molecule has 224 valence electrons. The summed E-state index contributed by atoms with van der Waals surface area (Å²) >= 11 is 6.44. The minimum atomic E-state index is -0.460. The second kappa shape index (κ2) is 12.4. The first kappa shape index (κ1) is 31.2. The number of benzene rings is 2. The molecule has 1 aliphatic heterocycles. The summed E-state index contributed by atoms with van der Waals surface area (Å²) in [4.78, 5) is 23.5. The van der Waals surface area contributed by atoms with E-state index < -0.39 is 18.3 Å². The lowest BCUT2D eigenvalue weighted by molar-refractivity contribution is 0.00578. The number of carbonyl (C=O) groups is 1. The van der Waals surface area contributed by atoms with E-state index in [2.05, 4.69) is 74.6 Å². The van der Waals surface area contributed by atoms with Gasteiger partial charge in [0.1, 0.15) is 18.2 Å². The van der Waals surface area contributed by atoms with Crippen LogP contribution in [0.2, 0.25) is 5.02 Å². The molecule has 1 fully saturated rings. The molecule has 3 heterocycles. The van der Waals surface area contributed by atoms with Gasteiger partial charge in [-0.1, -0.05) is 48.0 Å². The van der Waals surface area contributed by atoms with E-state index in [1.165, 1.54) is 12.3 Å². The van der Waals surface area contributed by atoms with Crippen LogP contribution < -0.4 is 14.9 Å². The smallest absolute Gasteiger partial charge is 0.472 e. The summed E-state index contributed by atoms with van der Waals surface area (Å²) in [6.45, 7) is 19.8. The van der Waals surface area contributed by atoms with Crippen molar-refractivity contribution in [1.82, 2.24) is 9.97 Å². The van der Waals surface area contributed by atoms with Crippen LogP contribution in [0, 0.1) is 20.4 Å². The summed E-state index contributed by atoms with van der Waals surface area (Å²) in [5, 5.41) is 0.191. The van der Waals surface area contributed by atoms with Crippen molar-refractivity contribution in [1.29, 1.82) is 0 Å². The Balaban J connectivity index is 1.37. The maximum absolute atomic E-state index is 11.7. The van der Waals surface area contributed by atoms with E-state index in [9.17, 15) is 4.79 Å². The molecule has 0 saturated carbocycles. The molecule has 5 rings (SSSR count). The van der Waals surface area contributed by atoms with E-state index in [-0.39, 0.29) is 35.6 Å². The van der Waals surface area contributed by atoms with Gasteiger partial charge in [0.2, 0.25) is 17.4 Å². The lowest BCUT2D eigenvalue weighted by Crippen LogP contribution is -2.41. The van der Waals surface area contributed by atoms with Crippen LogP contribution in [-0.4, -0.2) is 34.6 Å². The Morgan fingerprint density at radius 1 is 0.932 bits per heavy atom. The summed E-state index contributed by atoms with van der Waals surface area (Å²) < 4.78 is 24.6. The van der Waals surface area contributed by atoms with Crippen molar-refractivity contribution in [2.75, 3.05) is 0 Å². The number of hydrogen-bond donors (Lipinski definition) is 0. The third-order valence-electron chi connectivity index (χ3n) is 8.33. The summed E-state index contributed by atoms with van der Waals surface area (Å²) in [7, 11) is -0.460. The van der Waals surface area contributed by atoms with Gasteiger partial charge in [-0.15, -0.1) is 0 Å². The zero-order chi connectivity index (χ0) is 31.6. The monoisotopic (exact) mass is 609 g/mol. The van der Waals surface area contributed by atoms with Gasteiger partial charge in [-0.3, -0.25) is 9.78 Å². The van der Waals surface area contributed by atoms with Crippen molar-refractivity contribution < 1.29 is 23.6 Å². The molecular formula is C34H33BClN3O5. The third-order valence-corrected chi connectivity index (χ3v) is 8.60. The molecule has 0 N–H and O–H groups in total. The van der Waals surface area contributed by atoms with Crippen LogP contribution in [0.5, 0.6) is 11.8 Å². The Labute approximate surface area is 263 Å². The van der Waals surface area contributed by atoms with Gasteiger partial charge in [-0.25, -0.2) is 4.85 Å². The maximum atomic E-state index is 11.7. The minimum Gasteiger partial charge on any atom is -0.472 e. The topological polar surface area (TPSA) is 84.1 Å². The number of halogens is 1. The highest BCUT2D eigenvalue weighted by molar-refractivity contribution is 6.62. The van der Waals surface area contributed by atoms with E-state index in [0.717, 1.165) is 33.3 Å². The number of pyridine rings is 2. The SMILES string of the molecule is [C-]#[N+]c1cncc(COc2nc(OCc3cccc(-c4cccc(B5OC(C)(C)C(C)(C)O5)c4C)c3C)c(Cl)cc2C=O)c1. The molecular weight excluding hydrogens is 577 g/mol. The Hall–Kier alpha value is -4.23. The van der Waals surface area contributed by atoms with Crippen LogP contribution in [0.15, 0.2) is 60.9 Å². The van der Waals surface area contributed by atoms with Crippen molar-refractivity contribution in [2.45, 2.75) is 66.0 Å². The molecule has 0 radical (unpaired) electrons. The number of hydrogen-bond acceptors (Lipinski definition) is 7. The van der Waals surface area contributed by atoms with Crippen LogP contribution in [0.25, 0.3) is 16.0 Å². The predicted molar refractivity (Wildman–Crippen MR) is 171 cm³/mol. The molecule has 44 heavy (non-hydrogen) atoms. The molecule has 0 atom stereocenters.